The van der Waals surface area contributed by atoms with Crippen LogP contribution in [0.25, 0.3) is 0 Å². The Morgan fingerprint density at radius 2 is 2.07 bits per heavy atom. The predicted octanol–water partition coefficient (Wildman–Crippen LogP) is 0.752. The molecule has 1 unspecified atom stereocenters. The highest BCUT2D eigenvalue weighted by molar-refractivity contribution is 5.87. The largest absolute Gasteiger partial charge is 0.386 e. The SMILES string of the molecule is CC1CCN(C(=O)NC(C)C(=N)N)CC1. The number of nitrogens with one attached hydrogen (secondary N) is 2. The molecule has 1 aliphatic rings. The number of likely N-dealkylation sites (tertiary alicyclic amines) is 1. The van der Waals surface area contributed by atoms with Crippen molar-refractivity contribution in [3.05, 3.63) is 0 Å². The summed E-state index contributed by atoms with van der Waals surface area (Å²) in [6.07, 6.45) is 2.11. The maximum absolute atomic E-state index is 11.7. The van der Waals surface area contributed by atoms with Gasteiger partial charge in [0.25, 0.3) is 0 Å². The third-order valence-corrected chi connectivity index (χ3v) is 2.88. The lowest BCUT2D eigenvalue weighted by atomic mass is 10.00. The molecule has 15 heavy (non-hydrogen) atoms. The van der Waals surface area contributed by atoms with Crippen LogP contribution in [0, 0.1) is 11.3 Å². The smallest absolute Gasteiger partial charge is 0.317 e. The maximum atomic E-state index is 11.7. The van der Waals surface area contributed by atoms with Crippen molar-refractivity contribution in [3.63, 3.8) is 0 Å². The zero-order valence-electron chi connectivity index (χ0n) is 9.42. The Labute approximate surface area is 90.5 Å². The van der Waals surface area contributed by atoms with Crippen LogP contribution in [-0.4, -0.2) is 35.9 Å². The molecule has 0 aromatic heterocycles. The molecule has 0 aromatic rings. The molecule has 1 atom stereocenters. The van der Waals surface area contributed by atoms with Crippen LogP contribution in [-0.2, 0) is 0 Å². The van der Waals surface area contributed by atoms with E-state index in [0.717, 1.165) is 25.9 Å². The first-order chi connectivity index (χ1) is 7.00. The number of hydrogen-bond acceptors (Lipinski definition) is 2. The van der Waals surface area contributed by atoms with Crippen molar-refractivity contribution in [1.82, 2.24) is 10.2 Å². The molecule has 1 rings (SSSR count). The lowest BCUT2D eigenvalue weighted by Gasteiger charge is -2.31. The molecule has 1 fully saturated rings. The van der Waals surface area contributed by atoms with Crippen LogP contribution in [0.3, 0.4) is 0 Å². The Kier molecular flexibility index (Phi) is 3.94. The first-order valence-electron chi connectivity index (χ1n) is 5.40. The van der Waals surface area contributed by atoms with Crippen LogP contribution in [0.4, 0.5) is 4.79 Å². The normalized spacial score (nSPS) is 19.7. The minimum atomic E-state index is -0.378. The summed E-state index contributed by atoms with van der Waals surface area (Å²) in [6, 6.07) is -0.485. The molecule has 5 nitrogen and oxygen atoms in total. The Bertz CT molecular complexity index is 246. The molecule has 0 radical (unpaired) electrons. The second kappa shape index (κ2) is 5.00. The van der Waals surface area contributed by atoms with Crippen molar-refractivity contribution in [2.75, 3.05) is 13.1 Å². The van der Waals surface area contributed by atoms with E-state index in [0.29, 0.717) is 5.92 Å². The first kappa shape index (κ1) is 11.8. The zero-order chi connectivity index (χ0) is 11.4. The van der Waals surface area contributed by atoms with Gasteiger partial charge in [-0.05, 0) is 25.7 Å². The van der Waals surface area contributed by atoms with E-state index in [1.54, 1.807) is 11.8 Å². The van der Waals surface area contributed by atoms with E-state index >= 15 is 0 Å². The molecule has 1 aliphatic heterocycles. The summed E-state index contributed by atoms with van der Waals surface area (Å²) in [5.74, 6) is 0.702. The number of hydrogen-bond donors (Lipinski definition) is 3. The van der Waals surface area contributed by atoms with E-state index in [4.69, 9.17) is 11.1 Å². The minimum absolute atomic E-state index is 0.00581. The Balaban J connectivity index is 2.37. The number of piperidine rings is 1. The van der Waals surface area contributed by atoms with Gasteiger partial charge in [-0.25, -0.2) is 4.79 Å². The van der Waals surface area contributed by atoms with Crippen molar-refractivity contribution in [2.45, 2.75) is 32.7 Å². The molecule has 2 amide bonds. The van der Waals surface area contributed by atoms with Crippen molar-refractivity contribution in [1.29, 1.82) is 5.41 Å². The second-order valence-corrected chi connectivity index (χ2v) is 4.30. The summed E-state index contributed by atoms with van der Waals surface area (Å²) >= 11 is 0. The molecule has 5 heteroatoms. The molecule has 4 N–H and O–H groups in total. The van der Waals surface area contributed by atoms with E-state index in [-0.39, 0.29) is 17.9 Å². The van der Waals surface area contributed by atoms with Crippen molar-refractivity contribution in [2.24, 2.45) is 11.7 Å². The van der Waals surface area contributed by atoms with Gasteiger partial charge in [-0.1, -0.05) is 6.92 Å². The van der Waals surface area contributed by atoms with Crippen LogP contribution in [0.15, 0.2) is 0 Å². The fourth-order valence-corrected chi connectivity index (χ4v) is 1.57. The molecule has 0 saturated carbocycles. The number of nitrogens with two attached hydrogens (primary N) is 1. The average molecular weight is 212 g/mol. The molecule has 0 bridgehead atoms. The molecule has 1 saturated heterocycles. The summed E-state index contributed by atoms with van der Waals surface area (Å²) in [4.78, 5) is 13.5. The third kappa shape index (κ3) is 3.42. The van der Waals surface area contributed by atoms with Gasteiger partial charge in [-0.3, -0.25) is 5.41 Å². The van der Waals surface area contributed by atoms with Crippen molar-refractivity contribution in [3.8, 4) is 0 Å². The van der Waals surface area contributed by atoms with E-state index < -0.39 is 0 Å². The molecule has 0 spiro atoms. The van der Waals surface area contributed by atoms with Gasteiger partial charge in [0, 0.05) is 13.1 Å². The Morgan fingerprint density at radius 3 is 2.53 bits per heavy atom. The van der Waals surface area contributed by atoms with E-state index in [1.165, 1.54) is 0 Å². The summed E-state index contributed by atoms with van der Waals surface area (Å²) in [5.41, 5.74) is 5.29. The highest BCUT2D eigenvalue weighted by atomic mass is 16.2. The number of rotatable bonds is 2. The third-order valence-electron chi connectivity index (χ3n) is 2.88. The van der Waals surface area contributed by atoms with Crippen LogP contribution in [0.5, 0.6) is 0 Å². The lowest BCUT2D eigenvalue weighted by molar-refractivity contribution is 0.173. The van der Waals surface area contributed by atoms with Crippen LogP contribution in [0.2, 0.25) is 0 Å². The summed E-state index contributed by atoms with van der Waals surface area (Å²) in [5, 5.41) is 9.89. The quantitative estimate of drug-likeness (QED) is 0.466. The number of urea groups is 1. The number of carbonyl (C=O) groups excluding carboxylic acids is 1. The summed E-state index contributed by atoms with van der Waals surface area (Å²) < 4.78 is 0. The number of nitrogens with zero attached hydrogens (tertiary/aromatic N) is 1. The summed E-state index contributed by atoms with van der Waals surface area (Å²) in [6.45, 7) is 5.52. The molecular formula is C10H20N4O. The van der Waals surface area contributed by atoms with Crippen LogP contribution in [0.1, 0.15) is 26.7 Å². The van der Waals surface area contributed by atoms with Gasteiger partial charge in [0.05, 0.1) is 6.04 Å². The fourth-order valence-electron chi connectivity index (χ4n) is 1.57. The van der Waals surface area contributed by atoms with Gasteiger partial charge in [0.15, 0.2) is 0 Å². The fraction of sp³-hybridized carbons (Fsp3) is 0.800. The highest BCUT2D eigenvalue weighted by Crippen LogP contribution is 2.15. The highest BCUT2D eigenvalue weighted by Gasteiger charge is 2.21. The minimum Gasteiger partial charge on any atom is -0.386 e. The van der Waals surface area contributed by atoms with Crippen molar-refractivity contribution < 1.29 is 4.79 Å². The maximum Gasteiger partial charge on any atom is 0.317 e. The monoisotopic (exact) mass is 212 g/mol. The van der Waals surface area contributed by atoms with E-state index in [2.05, 4.69) is 12.2 Å². The second-order valence-electron chi connectivity index (χ2n) is 4.30. The number of amidine groups is 1. The van der Waals surface area contributed by atoms with Gasteiger partial charge in [0.2, 0.25) is 0 Å². The van der Waals surface area contributed by atoms with Gasteiger partial charge in [0.1, 0.15) is 5.84 Å². The van der Waals surface area contributed by atoms with Crippen LogP contribution >= 0.6 is 0 Å². The van der Waals surface area contributed by atoms with Gasteiger partial charge in [-0.2, -0.15) is 0 Å². The van der Waals surface area contributed by atoms with Gasteiger partial charge >= 0.3 is 6.03 Å². The zero-order valence-corrected chi connectivity index (χ0v) is 9.42. The molecule has 0 aliphatic carbocycles. The Hall–Kier alpha value is -1.26. The van der Waals surface area contributed by atoms with Crippen LogP contribution < -0.4 is 11.1 Å². The summed E-state index contributed by atoms with van der Waals surface area (Å²) in [7, 11) is 0. The van der Waals surface area contributed by atoms with E-state index in [1.807, 2.05) is 0 Å². The first-order valence-corrected chi connectivity index (χ1v) is 5.40. The number of amides is 2. The number of carbonyl (C=O) groups is 1. The average Bonchev–Trinajstić information content (AvgIpc) is 2.18. The van der Waals surface area contributed by atoms with Gasteiger partial charge < -0.3 is 16.0 Å². The molecular weight excluding hydrogens is 192 g/mol. The standard InChI is InChI=1S/C10H20N4O/c1-7-3-5-14(6-4-7)10(15)13-8(2)9(11)12/h7-8H,3-6H2,1-2H3,(H3,11,12)(H,13,15). The lowest BCUT2D eigenvalue weighted by Crippen LogP contribution is -2.50. The predicted molar refractivity (Wildman–Crippen MR) is 59.9 cm³/mol. The molecule has 1 heterocycles. The Morgan fingerprint density at radius 1 is 1.53 bits per heavy atom. The molecule has 86 valence electrons. The van der Waals surface area contributed by atoms with E-state index in [9.17, 15) is 4.79 Å². The topological polar surface area (TPSA) is 82.2 Å². The van der Waals surface area contributed by atoms with Gasteiger partial charge in [-0.15, -0.1) is 0 Å². The molecule has 0 aromatic carbocycles. The van der Waals surface area contributed by atoms with Crippen molar-refractivity contribution >= 4 is 11.9 Å².